The molecule has 2 aromatic rings. The number of nitrogens with one attached hydrogen (secondary N) is 1. The highest BCUT2D eigenvalue weighted by atomic mass is 35.5. The molecule has 0 unspecified atom stereocenters. The predicted molar refractivity (Wildman–Crippen MR) is 75.7 cm³/mol. The van der Waals surface area contributed by atoms with E-state index in [1.54, 1.807) is 10.8 Å². The fraction of sp³-hybridized carbons (Fsp3) is 0.167. The largest absolute Gasteiger partial charge is 0.335 e. The summed E-state index contributed by atoms with van der Waals surface area (Å²) in [6, 6.07) is 2.55. The van der Waals surface area contributed by atoms with Crippen molar-refractivity contribution < 1.29 is 9.18 Å². The Morgan fingerprint density at radius 1 is 1.40 bits per heavy atom. The number of benzene rings is 1. The maximum Gasteiger partial charge on any atom is 0.275 e. The average Bonchev–Trinajstić information content (AvgIpc) is 2.85. The first-order chi connectivity index (χ1) is 9.51. The minimum absolute atomic E-state index is 0.165. The van der Waals surface area contributed by atoms with Gasteiger partial charge in [0.25, 0.3) is 5.91 Å². The number of hydrogen-bond donors (Lipinski definition) is 2. The van der Waals surface area contributed by atoms with Crippen LogP contribution in [0.25, 0.3) is 0 Å². The van der Waals surface area contributed by atoms with E-state index in [0.29, 0.717) is 18.8 Å². The Kier molecular flexibility index (Phi) is 4.59. The number of nitrogens with zero attached hydrogens (tertiary/aromatic N) is 2. The summed E-state index contributed by atoms with van der Waals surface area (Å²) in [7, 11) is 0. The van der Waals surface area contributed by atoms with Gasteiger partial charge >= 0.3 is 0 Å². The number of halogens is 3. The Bertz CT molecular complexity index is 621. The molecule has 0 atom stereocenters. The molecule has 0 bridgehead atoms. The zero-order chi connectivity index (χ0) is 14.7. The quantitative estimate of drug-likeness (QED) is 0.851. The lowest BCUT2D eigenvalue weighted by Gasteiger charge is -2.05. The van der Waals surface area contributed by atoms with Gasteiger partial charge in [-0.15, -0.1) is 0 Å². The van der Waals surface area contributed by atoms with Gasteiger partial charge in [-0.3, -0.25) is 4.79 Å². The van der Waals surface area contributed by atoms with Crippen molar-refractivity contribution in [3.05, 3.63) is 46.2 Å². The van der Waals surface area contributed by atoms with Gasteiger partial charge in [-0.2, -0.15) is 0 Å². The molecule has 5 nitrogen and oxygen atoms in total. The van der Waals surface area contributed by atoms with E-state index in [0.717, 1.165) is 0 Å². The molecule has 0 saturated heterocycles. The van der Waals surface area contributed by atoms with Crippen LogP contribution in [-0.4, -0.2) is 22.0 Å². The summed E-state index contributed by atoms with van der Waals surface area (Å²) in [5.74, 6) is -1.17. The van der Waals surface area contributed by atoms with Crippen LogP contribution in [0.4, 0.5) is 10.1 Å². The Morgan fingerprint density at radius 2 is 2.05 bits per heavy atom. The maximum absolute atomic E-state index is 13.3. The third kappa shape index (κ3) is 3.27. The maximum atomic E-state index is 13.3. The minimum atomic E-state index is -0.724. The first-order valence-electron chi connectivity index (χ1n) is 5.69. The molecular weight excluding hydrogens is 306 g/mol. The average molecular weight is 317 g/mol. The molecule has 2 rings (SSSR count). The molecule has 0 saturated carbocycles. The van der Waals surface area contributed by atoms with Crippen molar-refractivity contribution in [3.8, 4) is 0 Å². The van der Waals surface area contributed by atoms with Crippen molar-refractivity contribution in [1.82, 2.24) is 9.55 Å². The van der Waals surface area contributed by atoms with Gasteiger partial charge < -0.3 is 15.6 Å². The topological polar surface area (TPSA) is 72.9 Å². The minimum Gasteiger partial charge on any atom is -0.335 e. The highest BCUT2D eigenvalue weighted by Gasteiger charge is 2.12. The second-order valence-corrected chi connectivity index (χ2v) is 4.81. The highest BCUT2D eigenvalue weighted by molar-refractivity contribution is 6.35. The fourth-order valence-electron chi connectivity index (χ4n) is 1.57. The Hall–Kier alpha value is -1.63. The zero-order valence-corrected chi connectivity index (χ0v) is 11.7. The molecule has 1 aromatic heterocycles. The Morgan fingerprint density at radius 3 is 2.65 bits per heavy atom. The number of imidazole rings is 1. The molecule has 0 fully saturated rings. The van der Waals surface area contributed by atoms with Crippen LogP contribution in [0, 0.1) is 5.82 Å². The molecule has 0 aliphatic rings. The predicted octanol–water partition coefficient (Wildman–Crippen LogP) is 2.54. The monoisotopic (exact) mass is 316 g/mol. The van der Waals surface area contributed by atoms with Crippen molar-refractivity contribution in [2.75, 3.05) is 11.9 Å². The zero-order valence-electron chi connectivity index (χ0n) is 10.2. The van der Waals surface area contributed by atoms with Gasteiger partial charge in [-0.1, -0.05) is 23.2 Å². The highest BCUT2D eigenvalue weighted by Crippen LogP contribution is 2.27. The van der Waals surface area contributed by atoms with Gasteiger partial charge in [0.1, 0.15) is 5.69 Å². The summed E-state index contributed by atoms with van der Waals surface area (Å²) >= 11 is 11.3. The van der Waals surface area contributed by atoms with Crippen LogP contribution < -0.4 is 11.1 Å². The smallest absolute Gasteiger partial charge is 0.275 e. The number of anilines is 1. The van der Waals surface area contributed by atoms with Gasteiger partial charge in [0.05, 0.1) is 16.4 Å². The van der Waals surface area contributed by atoms with Crippen LogP contribution in [0.15, 0.2) is 24.7 Å². The first kappa shape index (κ1) is 14.8. The summed E-state index contributed by atoms with van der Waals surface area (Å²) in [5.41, 5.74) is 5.91. The standard InChI is InChI=1S/C12H11Cl2FN4O/c13-8-3-7(4-9(14)11(8)15)18-12(20)10-5-19(2-1-16)6-17-10/h3-6H,1-2,16H2,(H,18,20). The van der Waals surface area contributed by atoms with E-state index in [4.69, 9.17) is 28.9 Å². The molecule has 8 heteroatoms. The van der Waals surface area contributed by atoms with Gasteiger partial charge in [-0.25, -0.2) is 9.37 Å². The molecule has 20 heavy (non-hydrogen) atoms. The van der Waals surface area contributed by atoms with Gasteiger partial charge in [-0.05, 0) is 12.1 Å². The number of aromatic nitrogens is 2. The molecule has 0 spiro atoms. The van der Waals surface area contributed by atoms with Gasteiger partial charge in [0, 0.05) is 25.0 Å². The fourth-order valence-corrected chi connectivity index (χ4v) is 2.06. The molecule has 1 amide bonds. The lowest BCUT2D eigenvalue weighted by Crippen LogP contribution is -2.13. The van der Waals surface area contributed by atoms with E-state index in [9.17, 15) is 9.18 Å². The third-order valence-corrected chi connectivity index (χ3v) is 3.04. The first-order valence-corrected chi connectivity index (χ1v) is 6.44. The van der Waals surface area contributed by atoms with E-state index in [-0.39, 0.29) is 15.7 Å². The van der Waals surface area contributed by atoms with Crippen molar-refractivity contribution in [2.24, 2.45) is 5.73 Å². The third-order valence-electron chi connectivity index (χ3n) is 2.49. The molecule has 1 heterocycles. The summed E-state index contributed by atoms with van der Waals surface area (Å²) < 4.78 is 14.9. The number of carbonyl (C=O) groups excluding carboxylic acids is 1. The number of hydrogen-bond acceptors (Lipinski definition) is 3. The second kappa shape index (κ2) is 6.21. The molecule has 0 radical (unpaired) electrons. The van der Waals surface area contributed by atoms with Gasteiger partial charge in [0.15, 0.2) is 5.82 Å². The number of amides is 1. The van der Waals surface area contributed by atoms with E-state index >= 15 is 0 Å². The number of carbonyl (C=O) groups is 1. The second-order valence-electron chi connectivity index (χ2n) is 3.99. The molecule has 3 N–H and O–H groups in total. The lowest BCUT2D eigenvalue weighted by molar-refractivity contribution is 0.102. The van der Waals surface area contributed by atoms with Gasteiger partial charge in [0.2, 0.25) is 0 Å². The normalized spacial score (nSPS) is 10.6. The van der Waals surface area contributed by atoms with E-state index in [1.165, 1.54) is 18.5 Å². The molecule has 0 aliphatic carbocycles. The molecular formula is C12H11Cl2FN4O. The van der Waals surface area contributed by atoms with Crippen molar-refractivity contribution in [2.45, 2.75) is 6.54 Å². The summed E-state index contributed by atoms with van der Waals surface area (Å²) in [6.07, 6.45) is 3.07. The number of rotatable bonds is 4. The van der Waals surface area contributed by atoms with Crippen LogP contribution in [0.3, 0.4) is 0 Å². The van der Waals surface area contributed by atoms with Crippen LogP contribution in [0.5, 0.6) is 0 Å². The summed E-state index contributed by atoms with van der Waals surface area (Å²) in [4.78, 5) is 15.9. The molecule has 106 valence electrons. The van der Waals surface area contributed by atoms with Crippen LogP contribution in [0.1, 0.15) is 10.5 Å². The van der Waals surface area contributed by atoms with Crippen molar-refractivity contribution >= 4 is 34.8 Å². The van der Waals surface area contributed by atoms with Crippen LogP contribution in [0.2, 0.25) is 10.0 Å². The van der Waals surface area contributed by atoms with E-state index in [1.807, 2.05) is 0 Å². The lowest BCUT2D eigenvalue weighted by atomic mass is 10.3. The van der Waals surface area contributed by atoms with E-state index in [2.05, 4.69) is 10.3 Å². The Labute approximate surface area is 124 Å². The van der Waals surface area contributed by atoms with Crippen molar-refractivity contribution in [1.29, 1.82) is 0 Å². The van der Waals surface area contributed by atoms with Crippen molar-refractivity contribution in [3.63, 3.8) is 0 Å². The SMILES string of the molecule is NCCn1cnc(C(=O)Nc2cc(Cl)c(F)c(Cl)c2)c1. The van der Waals surface area contributed by atoms with E-state index < -0.39 is 11.7 Å². The summed E-state index contributed by atoms with van der Waals surface area (Å²) in [6.45, 7) is 1.01. The number of nitrogens with two attached hydrogens (primary N) is 1. The van der Waals surface area contributed by atoms with Crippen LogP contribution in [-0.2, 0) is 6.54 Å². The van der Waals surface area contributed by atoms with Crippen LogP contribution >= 0.6 is 23.2 Å². The molecule has 0 aliphatic heterocycles. The summed E-state index contributed by atoms with van der Waals surface area (Å²) in [5, 5.41) is 2.21. The Balaban J connectivity index is 2.14. The molecule has 1 aromatic carbocycles.